The molecule has 1 aromatic rings. The molecule has 0 bridgehead atoms. The molecule has 1 atom stereocenters. The molecule has 1 aromatic carbocycles. The van der Waals surface area contributed by atoms with E-state index >= 15 is 0 Å². The third-order valence-electron chi connectivity index (χ3n) is 4.04. The molecule has 5 heteroatoms. The van der Waals surface area contributed by atoms with Crippen LogP contribution in [-0.2, 0) is 9.59 Å². The van der Waals surface area contributed by atoms with Gasteiger partial charge in [-0.3, -0.25) is 9.59 Å². The van der Waals surface area contributed by atoms with Gasteiger partial charge < -0.3 is 14.7 Å². The highest BCUT2D eigenvalue weighted by Gasteiger charge is 2.27. The van der Waals surface area contributed by atoms with Crippen LogP contribution in [0.15, 0.2) is 18.2 Å². The van der Waals surface area contributed by atoms with E-state index in [0.717, 1.165) is 23.3 Å². The first-order valence-corrected chi connectivity index (χ1v) is 7.68. The maximum Gasteiger partial charge on any atom is 0.308 e. The molecular formula is C17H23NO4. The van der Waals surface area contributed by atoms with Gasteiger partial charge in [0.2, 0.25) is 5.91 Å². The van der Waals surface area contributed by atoms with Gasteiger partial charge in [0.1, 0.15) is 5.75 Å². The van der Waals surface area contributed by atoms with Crippen molar-refractivity contribution in [2.45, 2.75) is 33.1 Å². The quantitative estimate of drug-likeness (QED) is 0.907. The molecule has 0 aliphatic carbocycles. The minimum absolute atomic E-state index is 0.0312. The zero-order chi connectivity index (χ0) is 16.1. The predicted octanol–water partition coefficient (Wildman–Crippen LogP) is 2.40. The minimum atomic E-state index is -0.816. The number of likely N-dealkylation sites (tertiary alicyclic amines) is 1. The molecule has 22 heavy (non-hydrogen) atoms. The van der Waals surface area contributed by atoms with Crippen LogP contribution in [0.2, 0.25) is 0 Å². The summed E-state index contributed by atoms with van der Waals surface area (Å²) < 4.78 is 5.69. The SMILES string of the molecule is Cc1ccc(C)c(OCCC(=O)N2CCC[C@H](C(=O)O)C2)c1. The lowest BCUT2D eigenvalue weighted by molar-refractivity contribution is -0.145. The molecule has 1 amide bonds. The van der Waals surface area contributed by atoms with Crippen molar-refractivity contribution >= 4 is 11.9 Å². The van der Waals surface area contributed by atoms with Crippen LogP contribution < -0.4 is 4.74 Å². The van der Waals surface area contributed by atoms with Crippen LogP contribution in [0, 0.1) is 19.8 Å². The summed E-state index contributed by atoms with van der Waals surface area (Å²) in [7, 11) is 0. The van der Waals surface area contributed by atoms with Gasteiger partial charge in [-0.15, -0.1) is 0 Å². The second kappa shape index (κ2) is 7.29. The Labute approximate surface area is 130 Å². The number of nitrogens with zero attached hydrogens (tertiary/aromatic N) is 1. The van der Waals surface area contributed by atoms with Gasteiger partial charge in [0.05, 0.1) is 18.9 Å². The van der Waals surface area contributed by atoms with Gasteiger partial charge >= 0.3 is 5.97 Å². The Kier molecular flexibility index (Phi) is 5.41. The fraction of sp³-hybridized carbons (Fsp3) is 0.529. The average Bonchev–Trinajstić information content (AvgIpc) is 2.50. The molecule has 2 rings (SSSR count). The van der Waals surface area contributed by atoms with Crippen molar-refractivity contribution in [2.24, 2.45) is 5.92 Å². The Morgan fingerprint density at radius 2 is 2.14 bits per heavy atom. The molecule has 120 valence electrons. The molecule has 1 fully saturated rings. The summed E-state index contributed by atoms with van der Waals surface area (Å²) in [5.41, 5.74) is 2.16. The highest BCUT2D eigenvalue weighted by Crippen LogP contribution is 2.20. The average molecular weight is 305 g/mol. The molecule has 0 saturated carbocycles. The smallest absolute Gasteiger partial charge is 0.308 e. The number of ether oxygens (including phenoxy) is 1. The summed E-state index contributed by atoms with van der Waals surface area (Å²) in [6.07, 6.45) is 1.68. The van der Waals surface area contributed by atoms with Crippen LogP contribution in [0.3, 0.4) is 0 Å². The molecule has 0 aromatic heterocycles. The monoisotopic (exact) mass is 305 g/mol. The van der Waals surface area contributed by atoms with E-state index in [1.165, 1.54) is 0 Å². The topological polar surface area (TPSA) is 66.8 Å². The van der Waals surface area contributed by atoms with Gasteiger partial charge in [-0.1, -0.05) is 12.1 Å². The van der Waals surface area contributed by atoms with Gasteiger partial charge in [0.15, 0.2) is 0 Å². The van der Waals surface area contributed by atoms with Crippen LogP contribution in [-0.4, -0.2) is 41.6 Å². The van der Waals surface area contributed by atoms with Crippen LogP contribution >= 0.6 is 0 Å². The first kappa shape index (κ1) is 16.3. The zero-order valence-electron chi connectivity index (χ0n) is 13.2. The fourth-order valence-corrected chi connectivity index (χ4v) is 2.67. The molecule has 1 N–H and O–H groups in total. The van der Waals surface area contributed by atoms with Crippen molar-refractivity contribution in [3.8, 4) is 5.75 Å². The second-order valence-electron chi connectivity index (χ2n) is 5.88. The Morgan fingerprint density at radius 3 is 2.86 bits per heavy atom. The third-order valence-corrected chi connectivity index (χ3v) is 4.04. The van der Waals surface area contributed by atoms with Crippen molar-refractivity contribution < 1.29 is 19.4 Å². The van der Waals surface area contributed by atoms with E-state index in [2.05, 4.69) is 0 Å². The zero-order valence-corrected chi connectivity index (χ0v) is 13.2. The van der Waals surface area contributed by atoms with Crippen molar-refractivity contribution in [1.82, 2.24) is 4.90 Å². The van der Waals surface area contributed by atoms with E-state index in [1.54, 1.807) is 4.90 Å². The van der Waals surface area contributed by atoms with Crippen LogP contribution in [0.5, 0.6) is 5.75 Å². The van der Waals surface area contributed by atoms with Crippen LogP contribution in [0.25, 0.3) is 0 Å². The van der Waals surface area contributed by atoms with Gasteiger partial charge in [-0.2, -0.15) is 0 Å². The first-order valence-electron chi connectivity index (χ1n) is 7.68. The summed E-state index contributed by atoms with van der Waals surface area (Å²) in [6.45, 7) is 5.25. The Balaban J connectivity index is 1.82. The summed E-state index contributed by atoms with van der Waals surface area (Å²) >= 11 is 0. The highest BCUT2D eigenvalue weighted by molar-refractivity contribution is 5.78. The van der Waals surface area contributed by atoms with Crippen molar-refractivity contribution in [3.05, 3.63) is 29.3 Å². The second-order valence-corrected chi connectivity index (χ2v) is 5.88. The van der Waals surface area contributed by atoms with E-state index < -0.39 is 11.9 Å². The standard InChI is InChI=1S/C17H23NO4/c1-12-5-6-13(2)15(10-12)22-9-7-16(19)18-8-3-4-14(11-18)17(20)21/h5-6,10,14H,3-4,7-9,11H2,1-2H3,(H,20,21)/t14-/m0/s1. The van der Waals surface area contributed by atoms with Crippen molar-refractivity contribution in [1.29, 1.82) is 0 Å². The number of amides is 1. The molecule has 1 heterocycles. The molecule has 1 aliphatic heterocycles. The number of carboxylic acid groups (broad SMARTS) is 1. The number of rotatable bonds is 5. The predicted molar refractivity (Wildman–Crippen MR) is 83.0 cm³/mol. The molecular weight excluding hydrogens is 282 g/mol. The van der Waals surface area contributed by atoms with E-state index in [4.69, 9.17) is 9.84 Å². The van der Waals surface area contributed by atoms with Crippen molar-refractivity contribution in [3.63, 3.8) is 0 Å². The number of carbonyl (C=O) groups is 2. The van der Waals surface area contributed by atoms with E-state index in [-0.39, 0.29) is 12.3 Å². The minimum Gasteiger partial charge on any atom is -0.493 e. The summed E-state index contributed by atoms with van der Waals surface area (Å²) in [4.78, 5) is 24.8. The number of aliphatic carboxylic acids is 1. The summed E-state index contributed by atoms with van der Waals surface area (Å²) in [6, 6.07) is 5.98. The highest BCUT2D eigenvalue weighted by atomic mass is 16.5. The number of benzene rings is 1. The lowest BCUT2D eigenvalue weighted by Gasteiger charge is -2.30. The molecule has 1 saturated heterocycles. The lowest BCUT2D eigenvalue weighted by Crippen LogP contribution is -2.42. The van der Waals surface area contributed by atoms with E-state index in [1.807, 2.05) is 32.0 Å². The lowest BCUT2D eigenvalue weighted by atomic mass is 9.98. The van der Waals surface area contributed by atoms with Crippen molar-refractivity contribution in [2.75, 3.05) is 19.7 Å². The van der Waals surface area contributed by atoms with Gasteiger partial charge in [0.25, 0.3) is 0 Å². The maximum absolute atomic E-state index is 12.2. The fourth-order valence-electron chi connectivity index (χ4n) is 2.67. The summed E-state index contributed by atoms with van der Waals surface area (Å²) in [5.74, 6) is -0.479. The van der Waals surface area contributed by atoms with E-state index in [0.29, 0.717) is 26.1 Å². The van der Waals surface area contributed by atoms with Crippen LogP contribution in [0.4, 0.5) is 0 Å². The van der Waals surface area contributed by atoms with Crippen LogP contribution in [0.1, 0.15) is 30.4 Å². The molecule has 0 radical (unpaired) electrons. The Bertz CT molecular complexity index is 556. The molecule has 0 unspecified atom stereocenters. The summed E-state index contributed by atoms with van der Waals surface area (Å²) in [5, 5.41) is 9.06. The number of hydrogen-bond donors (Lipinski definition) is 1. The van der Waals surface area contributed by atoms with Gasteiger partial charge in [-0.25, -0.2) is 0 Å². The van der Waals surface area contributed by atoms with E-state index in [9.17, 15) is 9.59 Å². The van der Waals surface area contributed by atoms with Gasteiger partial charge in [-0.05, 0) is 43.9 Å². The number of carboxylic acids is 1. The molecule has 1 aliphatic rings. The number of carbonyl (C=O) groups excluding carboxylic acids is 1. The largest absolute Gasteiger partial charge is 0.493 e. The molecule has 0 spiro atoms. The first-order chi connectivity index (χ1) is 10.5. The number of piperidine rings is 1. The Hall–Kier alpha value is -2.04. The normalized spacial score (nSPS) is 18.1. The number of aryl methyl sites for hydroxylation is 2. The number of hydrogen-bond acceptors (Lipinski definition) is 3. The molecule has 5 nitrogen and oxygen atoms in total. The third kappa shape index (κ3) is 4.23. The maximum atomic E-state index is 12.2. The Morgan fingerprint density at radius 1 is 1.36 bits per heavy atom. The van der Waals surface area contributed by atoms with Gasteiger partial charge in [0, 0.05) is 13.1 Å².